The van der Waals surface area contributed by atoms with E-state index in [9.17, 15) is 0 Å². The Hall–Kier alpha value is -0.670. The normalized spacial score (nSPS) is 10.6. The van der Waals surface area contributed by atoms with Gasteiger partial charge in [0.2, 0.25) is 0 Å². The van der Waals surface area contributed by atoms with Crippen LogP contribution in [-0.4, -0.2) is 4.98 Å². The molecule has 0 saturated carbocycles. The van der Waals surface area contributed by atoms with Crippen molar-refractivity contribution < 1.29 is 0 Å². The Morgan fingerprint density at radius 3 is 2.00 bits per heavy atom. The van der Waals surface area contributed by atoms with E-state index in [-0.39, 0.29) is 5.82 Å². The van der Waals surface area contributed by atoms with Crippen LogP contribution in [0.3, 0.4) is 0 Å². The van der Waals surface area contributed by atoms with E-state index in [4.69, 9.17) is 52.1 Å². The van der Waals surface area contributed by atoms with Gasteiger partial charge in [0.05, 0.1) is 15.1 Å². The van der Waals surface area contributed by atoms with Crippen LogP contribution in [0, 0.1) is 0 Å². The number of anilines is 1. The minimum atomic E-state index is 0.261. The molecule has 17 heavy (non-hydrogen) atoms. The van der Waals surface area contributed by atoms with E-state index >= 15 is 0 Å². The average Bonchev–Trinajstić information content (AvgIpc) is 2.21. The molecule has 0 bridgehead atoms. The highest BCUT2D eigenvalue weighted by atomic mass is 35.5. The molecule has 2 nitrogen and oxygen atoms in total. The third kappa shape index (κ3) is 2.61. The van der Waals surface area contributed by atoms with Crippen molar-refractivity contribution in [2.45, 2.75) is 0 Å². The Morgan fingerprint density at radius 2 is 1.47 bits per heavy atom. The van der Waals surface area contributed by atoms with Gasteiger partial charge >= 0.3 is 0 Å². The zero-order valence-corrected chi connectivity index (χ0v) is 11.4. The van der Waals surface area contributed by atoms with Gasteiger partial charge < -0.3 is 5.73 Å². The number of nitrogen functional groups attached to an aromatic ring is 1. The van der Waals surface area contributed by atoms with Gasteiger partial charge in [0, 0.05) is 22.3 Å². The van der Waals surface area contributed by atoms with Crippen molar-refractivity contribution >= 4 is 52.2 Å². The van der Waals surface area contributed by atoms with Gasteiger partial charge in [0.15, 0.2) is 0 Å². The van der Waals surface area contributed by atoms with Crippen LogP contribution in [0.15, 0.2) is 24.4 Å². The standard InChI is InChI=1S/C11H6Cl4N2/c12-6-2-7(13)10(8(14)3-6)5-1-9(15)11(16)17-4-5/h1-4H,(H2,16,17). The lowest BCUT2D eigenvalue weighted by Gasteiger charge is -2.08. The molecule has 1 aromatic heterocycles. The number of nitrogens with zero attached hydrogens (tertiary/aromatic N) is 1. The maximum absolute atomic E-state index is 6.09. The summed E-state index contributed by atoms with van der Waals surface area (Å²) < 4.78 is 0. The zero-order chi connectivity index (χ0) is 12.6. The van der Waals surface area contributed by atoms with Crippen molar-refractivity contribution in [1.82, 2.24) is 4.98 Å². The van der Waals surface area contributed by atoms with Crippen LogP contribution >= 0.6 is 46.4 Å². The van der Waals surface area contributed by atoms with Crippen molar-refractivity contribution in [2.75, 3.05) is 5.73 Å². The average molecular weight is 308 g/mol. The van der Waals surface area contributed by atoms with Gasteiger partial charge in [-0.05, 0) is 18.2 Å². The molecule has 2 rings (SSSR count). The summed E-state index contributed by atoms with van der Waals surface area (Å²) in [5.74, 6) is 0.261. The molecule has 0 radical (unpaired) electrons. The topological polar surface area (TPSA) is 38.9 Å². The van der Waals surface area contributed by atoms with Crippen LogP contribution in [-0.2, 0) is 0 Å². The summed E-state index contributed by atoms with van der Waals surface area (Å²) in [7, 11) is 0. The predicted octanol–water partition coefficient (Wildman–Crippen LogP) is 4.94. The molecule has 0 aliphatic carbocycles. The van der Waals surface area contributed by atoms with Crippen LogP contribution in [0.2, 0.25) is 20.1 Å². The summed E-state index contributed by atoms with van der Waals surface area (Å²) in [6, 6.07) is 4.87. The van der Waals surface area contributed by atoms with Crippen molar-refractivity contribution in [3.05, 3.63) is 44.5 Å². The molecule has 1 heterocycles. The van der Waals surface area contributed by atoms with Gasteiger partial charge in [-0.25, -0.2) is 4.98 Å². The molecule has 0 aliphatic heterocycles. The van der Waals surface area contributed by atoms with Crippen LogP contribution < -0.4 is 5.73 Å². The molecule has 0 fully saturated rings. The van der Waals surface area contributed by atoms with E-state index in [2.05, 4.69) is 4.98 Å². The van der Waals surface area contributed by atoms with Crippen molar-refractivity contribution in [2.24, 2.45) is 0 Å². The number of halogens is 4. The number of aromatic nitrogens is 1. The lowest BCUT2D eigenvalue weighted by Crippen LogP contribution is -1.92. The van der Waals surface area contributed by atoms with Crippen molar-refractivity contribution in [3.63, 3.8) is 0 Å². The second kappa shape index (κ2) is 4.91. The van der Waals surface area contributed by atoms with E-state index in [1.54, 1.807) is 24.4 Å². The van der Waals surface area contributed by atoms with E-state index in [0.717, 1.165) is 0 Å². The van der Waals surface area contributed by atoms with Crippen molar-refractivity contribution in [3.8, 4) is 11.1 Å². The smallest absolute Gasteiger partial charge is 0.142 e. The van der Waals surface area contributed by atoms with Gasteiger partial charge in [-0.3, -0.25) is 0 Å². The first-order valence-electron chi connectivity index (χ1n) is 4.55. The lowest BCUT2D eigenvalue weighted by atomic mass is 10.1. The van der Waals surface area contributed by atoms with E-state index in [1.165, 1.54) is 0 Å². The Bertz CT molecular complexity index is 561. The fourth-order valence-electron chi connectivity index (χ4n) is 1.40. The molecule has 88 valence electrons. The molecule has 2 aromatic rings. The third-order valence-corrected chi connectivity index (χ3v) is 3.28. The van der Waals surface area contributed by atoms with E-state index < -0.39 is 0 Å². The summed E-state index contributed by atoms with van der Waals surface area (Å²) in [5.41, 5.74) is 6.86. The molecule has 0 aliphatic rings. The maximum atomic E-state index is 6.09. The molecular formula is C11H6Cl4N2. The van der Waals surface area contributed by atoms with Gasteiger partial charge in [-0.1, -0.05) is 46.4 Å². The summed E-state index contributed by atoms with van der Waals surface area (Å²) in [4.78, 5) is 3.96. The Morgan fingerprint density at radius 1 is 0.882 bits per heavy atom. The Balaban J connectivity index is 2.64. The minimum absolute atomic E-state index is 0.261. The van der Waals surface area contributed by atoms with E-state index in [0.29, 0.717) is 31.2 Å². The van der Waals surface area contributed by atoms with Gasteiger partial charge in [0.25, 0.3) is 0 Å². The number of rotatable bonds is 1. The highest BCUT2D eigenvalue weighted by molar-refractivity contribution is 6.42. The number of hydrogen-bond donors (Lipinski definition) is 1. The summed E-state index contributed by atoms with van der Waals surface area (Å²) in [6.07, 6.45) is 1.56. The second-order valence-electron chi connectivity index (χ2n) is 3.34. The van der Waals surface area contributed by atoms with Gasteiger partial charge in [-0.15, -0.1) is 0 Å². The monoisotopic (exact) mass is 306 g/mol. The minimum Gasteiger partial charge on any atom is -0.382 e. The molecule has 0 unspecified atom stereocenters. The molecular weight excluding hydrogens is 302 g/mol. The predicted molar refractivity (Wildman–Crippen MR) is 74.1 cm³/mol. The highest BCUT2D eigenvalue weighted by Crippen LogP contribution is 2.38. The highest BCUT2D eigenvalue weighted by Gasteiger charge is 2.11. The molecule has 6 heteroatoms. The number of benzene rings is 1. The van der Waals surface area contributed by atoms with E-state index in [1.807, 2.05) is 0 Å². The lowest BCUT2D eigenvalue weighted by molar-refractivity contribution is 1.34. The fourth-order valence-corrected chi connectivity index (χ4v) is 2.60. The largest absolute Gasteiger partial charge is 0.382 e. The molecule has 0 spiro atoms. The van der Waals surface area contributed by atoms with Gasteiger partial charge in [0.1, 0.15) is 5.82 Å². The fraction of sp³-hybridized carbons (Fsp3) is 0. The zero-order valence-electron chi connectivity index (χ0n) is 8.35. The quantitative estimate of drug-likeness (QED) is 0.810. The first kappa shape index (κ1) is 12.8. The number of hydrogen-bond acceptors (Lipinski definition) is 2. The van der Waals surface area contributed by atoms with Crippen LogP contribution in [0.25, 0.3) is 11.1 Å². The first-order valence-corrected chi connectivity index (χ1v) is 6.06. The summed E-state index contributed by atoms with van der Waals surface area (Å²) in [6.45, 7) is 0. The molecule has 2 N–H and O–H groups in total. The van der Waals surface area contributed by atoms with Gasteiger partial charge in [-0.2, -0.15) is 0 Å². The van der Waals surface area contributed by atoms with Crippen LogP contribution in [0.5, 0.6) is 0 Å². The molecule has 0 atom stereocenters. The van der Waals surface area contributed by atoms with Crippen LogP contribution in [0.1, 0.15) is 0 Å². The van der Waals surface area contributed by atoms with Crippen LogP contribution in [0.4, 0.5) is 5.82 Å². The molecule has 0 amide bonds. The van der Waals surface area contributed by atoms with Crippen molar-refractivity contribution in [1.29, 1.82) is 0 Å². The molecule has 1 aromatic carbocycles. The maximum Gasteiger partial charge on any atom is 0.142 e. The first-order chi connectivity index (χ1) is 7.99. The number of pyridine rings is 1. The Kier molecular flexibility index (Phi) is 3.69. The molecule has 0 saturated heterocycles. The Labute approximate surface area is 118 Å². The number of nitrogens with two attached hydrogens (primary N) is 1. The SMILES string of the molecule is Nc1ncc(-c2c(Cl)cc(Cl)cc2Cl)cc1Cl. The second-order valence-corrected chi connectivity index (χ2v) is 4.99. The summed E-state index contributed by atoms with van der Waals surface area (Å²) >= 11 is 23.9. The summed E-state index contributed by atoms with van der Waals surface area (Å²) in [5, 5.41) is 1.69. The third-order valence-electron chi connectivity index (χ3n) is 2.17.